The number of likely N-dealkylation sites (N-methyl/N-ethyl adjacent to an activating group) is 1. The van der Waals surface area contributed by atoms with Crippen molar-refractivity contribution in [2.45, 2.75) is 4.90 Å². The third kappa shape index (κ3) is 5.44. The van der Waals surface area contributed by atoms with E-state index in [4.69, 9.17) is 21.1 Å². The van der Waals surface area contributed by atoms with Crippen molar-refractivity contribution >= 4 is 33.7 Å². The molecule has 0 saturated heterocycles. The van der Waals surface area contributed by atoms with Gasteiger partial charge in [0.2, 0.25) is 10.0 Å². The highest BCUT2D eigenvalue weighted by atomic mass is 35.5. The summed E-state index contributed by atoms with van der Waals surface area (Å²) in [5.41, 5.74) is 3.02. The summed E-state index contributed by atoms with van der Waals surface area (Å²) < 4.78 is 36.7. The second-order valence-electron chi connectivity index (χ2n) is 5.62. The number of amides is 1. The molecule has 1 amide bonds. The van der Waals surface area contributed by atoms with Crippen LogP contribution < -0.4 is 14.9 Å². The first-order valence-corrected chi connectivity index (χ1v) is 9.85. The average molecular weight is 426 g/mol. The van der Waals surface area contributed by atoms with Crippen LogP contribution in [0.2, 0.25) is 5.02 Å². The van der Waals surface area contributed by atoms with Crippen LogP contribution in [0.3, 0.4) is 0 Å². The maximum absolute atomic E-state index is 12.8. The van der Waals surface area contributed by atoms with Crippen molar-refractivity contribution in [2.75, 3.05) is 27.8 Å². The van der Waals surface area contributed by atoms with Gasteiger partial charge in [-0.05, 0) is 29.8 Å². The van der Waals surface area contributed by atoms with E-state index in [1.54, 1.807) is 30.3 Å². The molecule has 0 bridgehead atoms. The summed E-state index contributed by atoms with van der Waals surface area (Å²) in [6.45, 7) is -0.430. The first kappa shape index (κ1) is 21.7. The Balaban J connectivity index is 2.07. The molecule has 0 aromatic heterocycles. The zero-order chi connectivity index (χ0) is 20.7. The van der Waals surface area contributed by atoms with Crippen LogP contribution in [-0.4, -0.2) is 52.7 Å². The minimum Gasteiger partial charge on any atom is -0.497 e. The normalized spacial score (nSPS) is 11.6. The molecule has 0 heterocycles. The summed E-state index contributed by atoms with van der Waals surface area (Å²) in [5.74, 6) is -0.100. The number of rotatable bonds is 8. The standard InChI is InChI=1S/C18H20ClN3O5S/c1-22(12-18(23)21-20-11-13-4-6-14(19)7-5-13)28(24,25)17-10-15(26-2)8-9-16(17)27-3/h4-11H,12H2,1-3H3,(H,21,23)/b20-11+. The fourth-order valence-electron chi connectivity index (χ4n) is 2.20. The number of halogens is 1. The van der Waals surface area contributed by atoms with E-state index in [0.717, 1.165) is 9.87 Å². The topological polar surface area (TPSA) is 97.3 Å². The van der Waals surface area contributed by atoms with Crippen LogP contribution in [0.4, 0.5) is 0 Å². The molecule has 0 spiro atoms. The Morgan fingerprint density at radius 3 is 2.46 bits per heavy atom. The Morgan fingerprint density at radius 2 is 1.86 bits per heavy atom. The third-order valence-corrected chi connectivity index (χ3v) is 5.77. The van der Waals surface area contributed by atoms with Crippen LogP contribution in [0.25, 0.3) is 0 Å². The molecule has 0 unspecified atom stereocenters. The first-order chi connectivity index (χ1) is 13.3. The van der Waals surface area contributed by atoms with Crippen LogP contribution in [0.1, 0.15) is 5.56 Å². The molecule has 2 rings (SSSR count). The molecule has 0 saturated carbocycles. The van der Waals surface area contributed by atoms with Crippen molar-refractivity contribution < 1.29 is 22.7 Å². The van der Waals surface area contributed by atoms with Crippen molar-refractivity contribution in [1.29, 1.82) is 0 Å². The molecule has 28 heavy (non-hydrogen) atoms. The van der Waals surface area contributed by atoms with Gasteiger partial charge in [-0.2, -0.15) is 9.41 Å². The number of hydrogen-bond acceptors (Lipinski definition) is 6. The highest BCUT2D eigenvalue weighted by Gasteiger charge is 2.27. The lowest BCUT2D eigenvalue weighted by molar-refractivity contribution is -0.121. The molecule has 2 aromatic carbocycles. The average Bonchev–Trinajstić information content (AvgIpc) is 2.68. The number of ether oxygens (including phenoxy) is 2. The molecule has 0 aliphatic heterocycles. The minimum absolute atomic E-state index is 0.102. The lowest BCUT2D eigenvalue weighted by atomic mass is 10.2. The summed E-state index contributed by atoms with van der Waals surface area (Å²) >= 11 is 5.79. The zero-order valence-electron chi connectivity index (χ0n) is 15.5. The highest BCUT2D eigenvalue weighted by Crippen LogP contribution is 2.30. The quantitative estimate of drug-likeness (QED) is 0.516. The summed E-state index contributed by atoms with van der Waals surface area (Å²) in [5, 5.41) is 4.39. The Morgan fingerprint density at radius 1 is 1.18 bits per heavy atom. The molecule has 1 N–H and O–H groups in total. The largest absolute Gasteiger partial charge is 0.497 e. The lowest BCUT2D eigenvalue weighted by Gasteiger charge is -2.18. The molecule has 8 nitrogen and oxygen atoms in total. The molecule has 0 aliphatic rings. The number of hydrogen-bond donors (Lipinski definition) is 1. The molecule has 0 aliphatic carbocycles. The molecule has 0 fully saturated rings. The summed E-state index contributed by atoms with van der Waals surface area (Å²) in [6, 6.07) is 11.2. The molecule has 10 heteroatoms. The number of sulfonamides is 1. The summed E-state index contributed by atoms with van der Waals surface area (Å²) in [6.07, 6.45) is 1.42. The van der Waals surface area contributed by atoms with Gasteiger partial charge in [0.15, 0.2) is 0 Å². The van der Waals surface area contributed by atoms with Gasteiger partial charge in [-0.1, -0.05) is 23.7 Å². The first-order valence-electron chi connectivity index (χ1n) is 8.03. The van der Waals surface area contributed by atoms with Gasteiger partial charge in [0.1, 0.15) is 16.4 Å². The van der Waals surface area contributed by atoms with Crippen LogP contribution in [0.5, 0.6) is 11.5 Å². The van der Waals surface area contributed by atoms with Gasteiger partial charge in [0.25, 0.3) is 5.91 Å². The van der Waals surface area contributed by atoms with Gasteiger partial charge in [-0.15, -0.1) is 0 Å². The Bertz CT molecular complexity index is 962. The van der Waals surface area contributed by atoms with E-state index in [1.165, 1.54) is 39.6 Å². The van der Waals surface area contributed by atoms with E-state index in [-0.39, 0.29) is 10.6 Å². The summed E-state index contributed by atoms with van der Waals surface area (Å²) in [7, 11) is 0.0828. The van der Waals surface area contributed by atoms with Gasteiger partial charge in [0.05, 0.1) is 27.0 Å². The minimum atomic E-state index is -3.99. The van der Waals surface area contributed by atoms with Gasteiger partial charge >= 0.3 is 0 Å². The van der Waals surface area contributed by atoms with Gasteiger partial charge < -0.3 is 9.47 Å². The fourth-order valence-corrected chi connectivity index (χ4v) is 3.62. The molecule has 150 valence electrons. The second-order valence-corrected chi connectivity index (χ2v) is 8.07. The molecule has 2 aromatic rings. The van der Waals surface area contributed by atoms with E-state index in [2.05, 4.69) is 10.5 Å². The fraction of sp³-hybridized carbons (Fsp3) is 0.222. The lowest BCUT2D eigenvalue weighted by Crippen LogP contribution is -2.36. The third-order valence-electron chi connectivity index (χ3n) is 3.70. The van der Waals surface area contributed by atoms with E-state index in [1.807, 2.05) is 0 Å². The SMILES string of the molecule is COc1ccc(OC)c(S(=O)(=O)N(C)CC(=O)N/N=C/c2ccc(Cl)cc2)c1. The number of benzene rings is 2. The van der Waals surface area contributed by atoms with Crippen LogP contribution in [0, 0.1) is 0 Å². The Hall–Kier alpha value is -2.62. The summed E-state index contributed by atoms with van der Waals surface area (Å²) in [4.78, 5) is 11.9. The van der Waals surface area contributed by atoms with Crippen LogP contribution in [-0.2, 0) is 14.8 Å². The maximum Gasteiger partial charge on any atom is 0.255 e. The number of nitrogens with zero attached hydrogens (tertiary/aromatic N) is 2. The van der Waals surface area contributed by atoms with Crippen molar-refractivity contribution in [3.63, 3.8) is 0 Å². The van der Waals surface area contributed by atoms with Gasteiger partial charge in [0, 0.05) is 18.1 Å². The second kappa shape index (κ2) is 9.54. The smallest absolute Gasteiger partial charge is 0.255 e. The van der Waals surface area contributed by atoms with Crippen LogP contribution >= 0.6 is 11.6 Å². The predicted octanol–water partition coefficient (Wildman–Crippen LogP) is 2.13. The van der Waals surface area contributed by atoms with Crippen molar-refractivity contribution in [3.05, 3.63) is 53.1 Å². The Labute approximate surface area is 168 Å². The van der Waals surface area contributed by atoms with Crippen molar-refractivity contribution in [1.82, 2.24) is 9.73 Å². The number of nitrogens with one attached hydrogen (secondary N) is 1. The van der Waals surface area contributed by atoms with Gasteiger partial charge in [-0.3, -0.25) is 4.79 Å². The zero-order valence-corrected chi connectivity index (χ0v) is 17.1. The van der Waals surface area contributed by atoms with Crippen LogP contribution in [0.15, 0.2) is 52.5 Å². The predicted molar refractivity (Wildman–Crippen MR) is 107 cm³/mol. The molecule has 0 atom stereocenters. The van der Waals surface area contributed by atoms with Gasteiger partial charge in [-0.25, -0.2) is 13.8 Å². The number of hydrazone groups is 1. The Kier molecular flexibility index (Phi) is 7.38. The highest BCUT2D eigenvalue weighted by molar-refractivity contribution is 7.89. The van der Waals surface area contributed by atoms with E-state index in [0.29, 0.717) is 10.8 Å². The van der Waals surface area contributed by atoms with E-state index in [9.17, 15) is 13.2 Å². The monoisotopic (exact) mass is 425 g/mol. The van der Waals surface area contributed by atoms with E-state index < -0.39 is 22.5 Å². The van der Waals surface area contributed by atoms with Crippen molar-refractivity contribution in [3.8, 4) is 11.5 Å². The number of carbonyl (C=O) groups is 1. The maximum atomic E-state index is 12.8. The number of methoxy groups -OCH3 is 2. The number of carbonyl (C=O) groups excluding carboxylic acids is 1. The van der Waals surface area contributed by atoms with E-state index >= 15 is 0 Å². The molecular weight excluding hydrogens is 406 g/mol. The molecular formula is C18H20ClN3O5S. The van der Waals surface area contributed by atoms with Crippen molar-refractivity contribution in [2.24, 2.45) is 5.10 Å². The molecule has 0 radical (unpaired) electrons.